The van der Waals surface area contributed by atoms with E-state index in [-0.39, 0.29) is 0 Å². The van der Waals surface area contributed by atoms with Gasteiger partial charge in [-0.15, -0.1) is 11.3 Å². The van der Waals surface area contributed by atoms with E-state index in [0.717, 1.165) is 47.0 Å². The molecule has 2 heterocycles. The van der Waals surface area contributed by atoms with E-state index in [1.807, 2.05) is 30.3 Å². The fraction of sp³-hybridized carbons (Fsp3) is 0.294. The Bertz CT molecular complexity index is 755. The van der Waals surface area contributed by atoms with Crippen LogP contribution >= 0.6 is 11.3 Å². The monoisotopic (exact) mass is 313 g/mol. The van der Waals surface area contributed by atoms with Crippen molar-refractivity contribution in [3.05, 3.63) is 41.3 Å². The Morgan fingerprint density at radius 1 is 1.18 bits per heavy atom. The molecule has 1 aromatic carbocycles. The quantitative estimate of drug-likeness (QED) is 0.696. The molecule has 0 spiro atoms. The predicted molar refractivity (Wildman–Crippen MR) is 92.6 cm³/mol. The van der Waals surface area contributed by atoms with Crippen LogP contribution in [0.1, 0.15) is 11.3 Å². The number of methoxy groups -OCH3 is 1. The van der Waals surface area contributed by atoms with Crippen molar-refractivity contribution in [2.75, 3.05) is 25.6 Å². The molecule has 1 N–H and O–H groups in total. The molecule has 0 radical (unpaired) electrons. The number of aryl methyl sites for hydroxylation is 1. The van der Waals surface area contributed by atoms with Crippen LogP contribution in [0.5, 0.6) is 0 Å². The number of nitrogens with one attached hydrogen (secondary N) is 1. The Kier molecular flexibility index (Phi) is 4.65. The second kappa shape index (κ2) is 6.85. The van der Waals surface area contributed by atoms with Gasteiger partial charge in [0.2, 0.25) is 0 Å². The van der Waals surface area contributed by atoms with Crippen molar-refractivity contribution in [2.45, 2.75) is 13.3 Å². The number of fused-ring (bicyclic) bond motifs is 1. The van der Waals surface area contributed by atoms with Crippen LogP contribution in [0.2, 0.25) is 0 Å². The fourth-order valence-electron chi connectivity index (χ4n) is 2.32. The van der Waals surface area contributed by atoms with Crippen LogP contribution in [0, 0.1) is 6.92 Å². The molecule has 4 nitrogen and oxygen atoms in total. The SMILES string of the molecule is COCCCNc1nc(-c2ccccc2)nc2sc(C)cc12. The molecule has 3 aromatic rings. The first kappa shape index (κ1) is 14.9. The number of hydrogen-bond donors (Lipinski definition) is 1. The molecule has 0 saturated heterocycles. The van der Waals surface area contributed by atoms with Gasteiger partial charge in [-0.25, -0.2) is 9.97 Å². The minimum absolute atomic E-state index is 0.745. The van der Waals surface area contributed by atoms with Crippen molar-refractivity contribution >= 4 is 27.4 Å². The molecule has 0 aliphatic heterocycles. The Morgan fingerprint density at radius 2 is 2.00 bits per heavy atom. The Morgan fingerprint density at radius 3 is 2.77 bits per heavy atom. The first-order chi connectivity index (χ1) is 10.8. The van der Waals surface area contributed by atoms with Gasteiger partial charge in [-0.3, -0.25) is 0 Å². The van der Waals surface area contributed by atoms with E-state index in [1.165, 1.54) is 4.88 Å². The summed E-state index contributed by atoms with van der Waals surface area (Å²) in [5, 5.41) is 4.52. The van der Waals surface area contributed by atoms with Gasteiger partial charge in [0.05, 0.1) is 5.39 Å². The Labute approximate surface area is 134 Å². The van der Waals surface area contributed by atoms with E-state index in [1.54, 1.807) is 18.4 Å². The first-order valence-corrected chi connectivity index (χ1v) is 8.16. The lowest BCUT2D eigenvalue weighted by molar-refractivity contribution is 0.198. The maximum atomic E-state index is 5.09. The molecule has 0 atom stereocenters. The summed E-state index contributed by atoms with van der Waals surface area (Å²) in [6.07, 6.45) is 0.950. The molecule has 3 rings (SSSR count). The largest absolute Gasteiger partial charge is 0.385 e. The molecule has 22 heavy (non-hydrogen) atoms. The van der Waals surface area contributed by atoms with Gasteiger partial charge in [-0.2, -0.15) is 0 Å². The summed E-state index contributed by atoms with van der Waals surface area (Å²) in [5.41, 5.74) is 1.04. The lowest BCUT2D eigenvalue weighted by Crippen LogP contribution is -2.07. The summed E-state index contributed by atoms with van der Waals surface area (Å²) >= 11 is 1.70. The van der Waals surface area contributed by atoms with Crippen molar-refractivity contribution in [1.29, 1.82) is 0 Å². The second-order valence-corrected chi connectivity index (χ2v) is 6.35. The van der Waals surface area contributed by atoms with Crippen LogP contribution in [0.15, 0.2) is 36.4 Å². The third-order valence-corrected chi connectivity index (χ3v) is 4.31. The molecule has 114 valence electrons. The molecule has 0 aliphatic carbocycles. The molecule has 5 heteroatoms. The average molecular weight is 313 g/mol. The van der Waals surface area contributed by atoms with E-state index in [0.29, 0.717) is 0 Å². The zero-order chi connectivity index (χ0) is 15.4. The van der Waals surface area contributed by atoms with E-state index < -0.39 is 0 Å². The second-order valence-electron chi connectivity index (χ2n) is 5.11. The Hall–Kier alpha value is -1.98. The number of anilines is 1. The molecule has 0 aliphatic rings. The smallest absolute Gasteiger partial charge is 0.163 e. The van der Waals surface area contributed by atoms with Crippen molar-refractivity contribution in [2.24, 2.45) is 0 Å². The van der Waals surface area contributed by atoms with Crippen molar-refractivity contribution in [1.82, 2.24) is 9.97 Å². The number of aromatic nitrogens is 2. The molecule has 0 fully saturated rings. The van der Waals surface area contributed by atoms with Gasteiger partial charge in [-0.05, 0) is 19.4 Å². The summed E-state index contributed by atoms with van der Waals surface area (Å²) in [4.78, 5) is 11.7. The van der Waals surface area contributed by atoms with Crippen molar-refractivity contribution in [3.63, 3.8) is 0 Å². The third-order valence-electron chi connectivity index (χ3n) is 3.37. The van der Waals surface area contributed by atoms with Crippen LogP contribution in [-0.4, -0.2) is 30.2 Å². The minimum Gasteiger partial charge on any atom is -0.385 e. The third kappa shape index (κ3) is 3.26. The highest BCUT2D eigenvalue weighted by molar-refractivity contribution is 7.18. The van der Waals surface area contributed by atoms with Gasteiger partial charge < -0.3 is 10.1 Å². The number of benzene rings is 1. The lowest BCUT2D eigenvalue weighted by atomic mass is 10.2. The average Bonchev–Trinajstić information content (AvgIpc) is 2.92. The van der Waals surface area contributed by atoms with Crippen molar-refractivity contribution < 1.29 is 4.74 Å². The highest BCUT2D eigenvalue weighted by atomic mass is 32.1. The summed E-state index contributed by atoms with van der Waals surface area (Å²) in [6, 6.07) is 12.2. The van der Waals surface area contributed by atoms with Gasteiger partial charge in [0.25, 0.3) is 0 Å². The van der Waals surface area contributed by atoms with Crippen LogP contribution < -0.4 is 5.32 Å². The highest BCUT2D eigenvalue weighted by Crippen LogP contribution is 2.30. The number of thiophene rings is 1. The summed E-state index contributed by atoms with van der Waals surface area (Å²) in [7, 11) is 1.72. The maximum Gasteiger partial charge on any atom is 0.163 e. The Balaban J connectivity index is 1.97. The van der Waals surface area contributed by atoms with Gasteiger partial charge >= 0.3 is 0 Å². The number of ether oxygens (including phenoxy) is 1. The molecular weight excluding hydrogens is 294 g/mol. The topological polar surface area (TPSA) is 47.0 Å². The number of rotatable bonds is 6. The van der Waals surface area contributed by atoms with Gasteiger partial charge in [-0.1, -0.05) is 30.3 Å². The van der Waals surface area contributed by atoms with Crippen LogP contribution in [0.4, 0.5) is 5.82 Å². The van der Waals surface area contributed by atoms with Crippen LogP contribution in [0.3, 0.4) is 0 Å². The molecular formula is C17H19N3OS. The summed E-state index contributed by atoms with van der Waals surface area (Å²) < 4.78 is 5.09. The fourth-order valence-corrected chi connectivity index (χ4v) is 3.20. The summed E-state index contributed by atoms with van der Waals surface area (Å²) in [5.74, 6) is 1.67. The predicted octanol–water partition coefficient (Wildman–Crippen LogP) is 4.12. The van der Waals surface area contributed by atoms with E-state index >= 15 is 0 Å². The first-order valence-electron chi connectivity index (χ1n) is 7.34. The molecule has 0 unspecified atom stereocenters. The van der Waals surface area contributed by atoms with Crippen LogP contribution in [0.25, 0.3) is 21.6 Å². The lowest BCUT2D eigenvalue weighted by Gasteiger charge is -2.08. The van der Waals surface area contributed by atoms with Gasteiger partial charge in [0.15, 0.2) is 5.82 Å². The van der Waals surface area contributed by atoms with Crippen molar-refractivity contribution in [3.8, 4) is 11.4 Å². The van der Waals surface area contributed by atoms with E-state index in [2.05, 4.69) is 18.3 Å². The van der Waals surface area contributed by atoms with E-state index in [4.69, 9.17) is 14.7 Å². The zero-order valence-electron chi connectivity index (χ0n) is 12.8. The number of nitrogens with zero attached hydrogens (tertiary/aromatic N) is 2. The molecule has 2 aromatic heterocycles. The van der Waals surface area contributed by atoms with E-state index in [9.17, 15) is 0 Å². The molecule has 0 saturated carbocycles. The van der Waals surface area contributed by atoms with Gasteiger partial charge in [0, 0.05) is 30.7 Å². The zero-order valence-corrected chi connectivity index (χ0v) is 13.6. The highest BCUT2D eigenvalue weighted by Gasteiger charge is 2.11. The minimum atomic E-state index is 0.745. The number of hydrogen-bond acceptors (Lipinski definition) is 5. The molecule has 0 amide bonds. The molecule has 0 bridgehead atoms. The van der Waals surface area contributed by atoms with Crippen LogP contribution in [-0.2, 0) is 4.74 Å². The maximum absolute atomic E-state index is 5.09. The summed E-state index contributed by atoms with van der Waals surface area (Å²) in [6.45, 7) is 3.68. The standard InChI is InChI=1S/C17H19N3OS/c1-12-11-14-16(18-9-6-10-21-2)19-15(20-17(14)22-12)13-7-4-3-5-8-13/h3-5,7-8,11H,6,9-10H2,1-2H3,(H,18,19,20). The van der Waals surface area contributed by atoms with Gasteiger partial charge in [0.1, 0.15) is 10.6 Å². The normalized spacial score (nSPS) is 11.0.